The average Bonchev–Trinajstić information content (AvgIpc) is 3.19. The van der Waals surface area contributed by atoms with Crippen molar-refractivity contribution in [3.8, 4) is 0 Å². The molecule has 0 unspecified atom stereocenters. The van der Waals surface area contributed by atoms with Crippen LogP contribution in [0.15, 0.2) is 29.6 Å². The van der Waals surface area contributed by atoms with Gasteiger partial charge in [0.25, 0.3) is 5.69 Å². The van der Waals surface area contributed by atoms with Crippen molar-refractivity contribution in [3.05, 3.63) is 34.5 Å². The van der Waals surface area contributed by atoms with Crippen LogP contribution >= 0.6 is 0 Å². The minimum atomic E-state index is -0.404. The van der Waals surface area contributed by atoms with Gasteiger partial charge in [-0.15, -0.1) is 0 Å². The highest BCUT2D eigenvalue weighted by molar-refractivity contribution is 5.94. The molecule has 2 fully saturated rings. The maximum Gasteiger partial charge on any atom is 0.271 e. The minimum Gasteiger partial charge on any atom is -0.411 e. The molecule has 0 radical (unpaired) electrons. The van der Waals surface area contributed by atoms with Gasteiger partial charge in [0, 0.05) is 23.4 Å². The van der Waals surface area contributed by atoms with E-state index in [1.165, 1.54) is 6.07 Å². The highest BCUT2D eigenvalue weighted by Crippen LogP contribution is 2.49. The molecule has 0 amide bonds. The summed E-state index contributed by atoms with van der Waals surface area (Å²) in [7, 11) is 0. The lowest BCUT2D eigenvalue weighted by molar-refractivity contribution is -0.384. The quantitative estimate of drug-likeness (QED) is 0.521. The second-order valence-electron chi connectivity index (χ2n) is 5.83. The van der Waals surface area contributed by atoms with Crippen LogP contribution in [-0.2, 0) is 0 Å². The summed E-state index contributed by atoms with van der Waals surface area (Å²) in [6.45, 7) is 0. The van der Waals surface area contributed by atoms with Crippen LogP contribution in [0.1, 0.15) is 25.3 Å². The Labute approximate surface area is 120 Å². The third-order valence-corrected chi connectivity index (χ3v) is 4.81. The molecule has 0 spiro atoms. The first-order valence-electron chi connectivity index (χ1n) is 7.02. The molecular formula is C14H14N4O3. The van der Waals surface area contributed by atoms with Crippen molar-refractivity contribution in [1.29, 1.82) is 0 Å². The van der Waals surface area contributed by atoms with Gasteiger partial charge in [-0.2, -0.15) is 5.10 Å². The Morgan fingerprint density at radius 3 is 3.05 bits per heavy atom. The number of hydrogen-bond donors (Lipinski definition) is 1. The van der Waals surface area contributed by atoms with Gasteiger partial charge >= 0.3 is 0 Å². The van der Waals surface area contributed by atoms with E-state index in [2.05, 4.69) is 10.3 Å². The van der Waals surface area contributed by atoms with Gasteiger partial charge in [0.05, 0.1) is 28.4 Å². The first kappa shape index (κ1) is 12.3. The number of benzene rings is 1. The molecule has 108 valence electrons. The van der Waals surface area contributed by atoms with Gasteiger partial charge in [-0.25, -0.2) is 0 Å². The van der Waals surface area contributed by atoms with Crippen LogP contribution in [0.3, 0.4) is 0 Å². The fourth-order valence-corrected chi connectivity index (χ4v) is 3.88. The molecular weight excluding hydrogens is 272 g/mol. The van der Waals surface area contributed by atoms with Crippen LogP contribution in [0.25, 0.3) is 10.9 Å². The highest BCUT2D eigenvalue weighted by atomic mass is 16.6. The predicted octanol–water partition coefficient (Wildman–Crippen LogP) is 2.75. The van der Waals surface area contributed by atoms with Crippen molar-refractivity contribution < 1.29 is 10.1 Å². The largest absolute Gasteiger partial charge is 0.411 e. The number of hydrogen-bond acceptors (Lipinski definition) is 5. The summed E-state index contributed by atoms with van der Waals surface area (Å²) in [5.41, 5.74) is 1.54. The van der Waals surface area contributed by atoms with Gasteiger partial charge in [0.1, 0.15) is 0 Å². The SMILES string of the molecule is O=[N+]([O-])c1ccc2cnn([C@@H]3/C(=N\O)[C@H]4CC[C@H]3C4)c2c1. The third-order valence-electron chi connectivity index (χ3n) is 4.81. The molecule has 7 heteroatoms. The van der Waals surface area contributed by atoms with Crippen LogP contribution in [0.4, 0.5) is 5.69 Å². The number of oxime groups is 1. The zero-order valence-corrected chi connectivity index (χ0v) is 11.2. The number of rotatable bonds is 2. The highest BCUT2D eigenvalue weighted by Gasteiger charge is 2.47. The first-order valence-corrected chi connectivity index (χ1v) is 7.02. The predicted molar refractivity (Wildman–Crippen MR) is 75.5 cm³/mol. The third kappa shape index (κ3) is 1.66. The summed E-state index contributed by atoms with van der Waals surface area (Å²) in [5.74, 6) is 0.728. The van der Waals surface area contributed by atoms with Crippen molar-refractivity contribution in [2.75, 3.05) is 0 Å². The lowest BCUT2D eigenvalue weighted by atomic mass is 9.93. The van der Waals surface area contributed by atoms with E-state index in [1.807, 2.05) is 0 Å². The molecule has 1 N–H and O–H groups in total. The molecule has 2 aromatic rings. The summed E-state index contributed by atoms with van der Waals surface area (Å²) in [6, 6.07) is 4.66. The number of non-ortho nitro benzene ring substituents is 1. The van der Waals surface area contributed by atoms with Crippen LogP contribution in [-0.4, -0.2) is 25.6 Å². The number of nitro groups is 1. The maximum absolute atomic E-state index is 11.0. The summed E-state index contributed by atoms with van der Waals surface area (Å²) in [5, 5.41) is 29.0. The van der Waals surface area contributed by atoms with Gasteiger partial charge in [-0.3, -0.25) is 14.8 Å². The topological polar surface area (TPSA) is 93.5 Å². The number of fused-ring (bicyclic) bond motifs is 3. The average molecular weight is 286 g/mol. The Bertz CT molecular complexity index is 767. The first-order chi connectivity index (χ1) is 10.2. The number of nitro benzene ring substituents is 1. The summed E-state index contributed by atoms with van der Waals surface area (Å²) in [6.07, 6.45) is 4.87. The van der Waals surface area contributed by atoms with Crippen LogP contribution in [0.5, 0.6) is 0 Å². The van der Waals surface area contributed by atoms with Gasteiger partial charge in [0.15, 0.2) is 0 Å². The fraction of sp³-hybridized carbons (Fsp3) is 0.429. The standard InChI is InChI=1S/C14H14N4O3/c19-16-13-8-1-2-9(5-8)14(13)17-12-6-11(18(20)21)4-3-10(12)7-15-17/h3-4,6-9,14,19H,1-2,5H2/b16-13-/t8-,9-,14-/m0/s1. The second kappa shape index (κ2) is 4.28. The normalized spacial score (nSPS) is 29.5. The van der Waals surface area contributed by atoms with Crippen molar-refractivity contribution in [2.24, 2.45) is 17.0 Å². The zero-order chi connectivity index (χ0) is 14.6. The van der Waals surface area contributed by atoms with E-state index in [-0.39, 0.29) is 11.7 Å². The van der Waals surface area contributed by atoms with Crippen molar-refractivity contribution in [2.45, 2.75) is 25.3 Å². The lowest BCUT2D eigenvalue weighted by Gasteiger charge is -2.23. The molecule has 3 atom stereocenters. The van der Waals surface area contributed by atoms with Gasteiger partial charge < -0.3 is 5.21 Å². The van der Waals surface area contributed by atoms with E-state index >= 15 is 0 Å². The zero-order valence-electron chi connectivity index (χ0n) is 11.2. The Hall–Kier alpha value is -2.44. The van der Waals surface area contributed by atoms with E-state index in [4.69, 9.17) is 0 Å². The Kier molecular flexibility index (Phi) is 2.51. The molecule has 1 aromatic heterocycles. The fourth-order valence-electron chi connectivity index (χ4n) is 3.88. The van der Waals surface area contributed by atoms with Gasteiger partial charge in [-0.05, 0) is 31.2 Å². The molecule has 2 saturated carbocycles. The van der Waals surface area contributed by atoms with E-state index < -0.39 is 4.92 Å². The molecule has 7 nitrogen and oxygen atoms in total. The van der Waals surface area contributed by atoms with E-state index in [1.54, 1.807) is 23.0 Å². The van der Waals surface area contributed by atoms with Crippen LogP contribution in [0, 0.1) is 22.0 Å². The molecule has 2 aliphatic carbocycles. The molecule has 2 bridgehead atoms. The van der Waals surface area contributed by atoms with Crippen LogP contribution < -0.4 is 0 Å². The molecule has 1 heterocycles. The van der Waals surface area contributed by atoms with Crippen LogP contribution in [0.2, 0.25) is 0 Å². The molecule has 21 heavy (non-hydrogen) atoms. The second-order valence-corrected chi connectivity index (χ2v) is 5.83. The molecule has 1 aromatic carbocycles. The lowest BCUT2D eigenvalue weighted by Crippen LogP contribution is -2.26. The van der Waals surface area contributed by atoms with Gasteiger partial charge in [-0.1, -0.05) is 5.16 Å². The molecule has 2 aliphatic rings. The van der Waals surface area contributed by atoms with E-state index in [0.29, 0.717) is 11.8 Å². The van der Waals surface area contributed by atoms with Crippen molar-refractivity contribution in [1.82, 2.24) is 9.78 Å². The Balaban J connectivity index is 1.87. The summed E-state index contributed by atoms with van der Waals surface area (Å²) < 4.78 is 1.79. The van der Waals surface area contributed by atoms with E-state index in [9.17, 15) is 15.3 Å². The molecule has 0 aliphatic heterocycles. The molecule has 4 rings (SSSR count). The van der Waals surface area contributed by atoms with Crippen molar-refractivity contribution in [3.63, 3.8) is 0 Å². The monoisotopic (exact) mass is 286 g/mol. The number of aromatic nitrogens is 2. The Morgan fingerprint density at radius 1 is 1.43 bits per heavy atom. The van der Waals surface area contributed by atoms with Gasteiger partial charge in [0.2, 0.25) is 0 Å². The van der Waals surface area contributed by atoms with Crippen molar-refractivity contribution >= 4 is 22.3 Å². The van der Waals surface area contributed by atoms with E-state index in [0.717, 1.165) is 35.9 Å². The maximum atomic E-state index is 11.0. The summed E-state index contributed by atoms with van der Waals surface area (Å²) >= 11 is 0. The smallest absolute Gasteiger partial charge is 0.271 e. The minimum absolute atomic E-state index is 0.0508. The summed E-state index contributed by atoms with van der Waals surface area (Å²) in [4.78, 5) is 10.6. The molecule has 0 saturated heterocycles. The number of nitrogens with zero attached hydrogens (tertiary/aromatic N) is 4. The Morgan fingerprint density at radius 2 is 2.29 bits per heavy atom.